The number of fused-ring (bicyclic) bond motifs is 1. The van der Waals surface area contributed by atoms with E-state index in [1.54, 1.807) is 18.2 Å². The van der Waals surface area contributed by atoms with Gasteiger partial charge in [0.25, 0.3) is 0 Å². The summed E-state index contributed by atoms with van der Waals surface area (Å²) >= 11 is 5.97. The number of carboxylic acids is 1. The summed E-state index contributed by atoms with van der Waals surface area (Å²) in [5.74, 6) is -0.613. The topological polar surface area (TPSA) is 59.3 Å². The van der Waals surface area contributed by atoms with Gasteiger partial charge in [0.1, 0.15) is 5.56 Å². The van der Waals surface area contributed by atoms with E-state index in [0.717, 1.165) is 19.4 Å². The van der Waals surface area contributed by atoms with Gasteiger partial charge in [-0.05, 0) is 37.0 Å². The van der Waals surface area contributed by atoms with Crippen molar-refractivity contribution in [2.24, 2.45) is 5.92 Å². The van der Waals surface area contributed by atoms with Crippen LogP contribution in [0.1, 0.15) is 23.2 Å². The van der Waals surface area contributed by atoms with Crippen LogP contribution in [0.3, 0.4) is 0 Å². The molecule has 3 rings (SSSR count). The van der Waals surface area contributed by atoms with Crippen LogP contribution in [0.2, 0.25) is 5.02 Å². The maximum Gasteiger partial charge on any atom is 0.341 e. The van der Waals surface area contributed by atoms with Gasteiger partial charge in [-0.15, -0.1) is 0 Å². The highest BCUT2D eigenvalue weighted by Crippen LogP contribution is 2.31. The second-order valence-electron chi connectivity index (χ2n) is 4.93. The van der Waals surface area contributed by atoms with Gasteiger partial charge in [-0.3, -0.25) is 4.79 Å². The second-order valence-corrected chi connectivity index (χ2v) is 5.37. The lowest BCUT2D eigenvalue weighted by molar-refractivity contribution is 0.0695. The Kier molecular flexibility index (Phi) is 2.82. The molecule has 0 bridgehead atoms. The van der Waals surface area contributed by atoms with Crippen LogP contribution in [0, 0.1) is 5.92 Å². The van der Waals surface area contributed by atoms with Crippen molar-refractivity contribution < 1.29 is 9.90 Å². The lowest BCUT2D eigenvalue weighted by Gasteiger charge is -2.12. The predicted molar refractivity (Wildman–Crippen MR) is 72.9 cm³/mol. The standard InChI is InChI=1S/C14H12ClNO3/c15-9-3-4-10-12(5-9)16(6-8-1-2-8)7-11(13(10)17)14(18)19/h3-5,7-8H,1-2,6H2,(H,18,19). The number of hydrogen-bond donors (Lipinski definition) is 1. The smallest absolute Gasteiger partial charge is 0.341 e. The molecule has 0 radical (unpaired) electrons. The van der Waals surface area contributed by atoms with Crippen LogP contribution in [0.25, 0.3) is 10.9 Å². The van der Waals surface area contributed by atoms with Gasteiger partial charge in [0.15, 0.2) is 0 Å². The van der Waals surface area contributed by atoms with Gasteiger partial charge in [0.2, 0.25) is 5.43 Å². The average Bonchev–Trinajstić information content (AvgIpc) is 3.16. The van der Waals surface area contributed by atoms with E-state index >= 15 is 0 Å². The summed E-state index contributed by atoms with van der Waals surface area (Å²) in [6.45, 7) is 0.734. The molecule has 19 heavy (non-hydrogen) atoms. The molecule has 1 aliphatic carbocycles. The predicted octanol–water partition coefficient (Wildman–Crippen LogP) is 2.76. The fourth-order valence-electron chi connectivity index (χ4n) is 2.25. The first kappa shape index (κ1) is 12.2. The van der Waals surface area contributed by atoms with Crippen molar-refractivity contribution in [1.29, 1.82) is 0 Å². The first-order valence-electron chi connectivity index (χ1n) is 6.12. The van der Waals surface area contributed by atoms with Crippen LogP contribution in [0.4, 0.5) is 0 Å². The Morgan fingerprint density at radius 1 is 1.42 bits per heavy atom. The third-order valence-electron chi connectivity index (χ3n) is 3.43. The number of aromatic nitrogens is 1. The molecule has 5 heteroatoms. The first-order valence-corrected chi connectivity index (χ1v) is 6.50. The number of aromatic carboxylic acids is 1. The summed E-state index contributed by atoms with van der Waals surface area (Å²) in [6, 6.07) is 4.92. The zero-order valence-corrected chi connectivity index (χ0v) is 10.9. The number of nitrogens with zero attached hydrogens (tertiary/aromatic N) is 1. The van der Waals surface area contributed by atoms with E-state index in [1.165, 1.54) is 6.20 Å². The van der Waals surface area contributed by atoms with Crippen LogP contribution in [-0.2, 0) is 6.54 Å². The van der Waals surface area contributed by atoms with Gasteiger partial charge < -0.3 is 9.67 Å². The van der Waals surface area contributed by atoms with E-state index in [1.807, 2.05) is 4.57 Å². The van der Waals surface area contributed by atoms with Crippen molar-refractivity contribution in [2.75, 3.05) is 0 Å². The number of rotatable bonds is 3. The Hall–Kier alpha value is -1.81. The summed E-state index contributed by atoms with van der Waals surface area (Å²) in [5.41, 5.74) is 0.0658. The average molecular weight is 278 g/mol. The molecule has 98 valence electrons. The van der Waals surface area contributed by atoms with E-state index in [9.17, 15) is 9.59 Å². The second kappa shape index (κ2) is 4.38. The molecule has 1 heterocycles. The molecule has 2 aromatic rings. The van der Waals surface area contributed by atoms with E-state index < -0.39 is 11.4 Å². The zero-order valence-electron chi connectivity index (χ0n) is 10.1. The van der Waals surface area contributed by atoms with Crippen molar-refractivity contribution in [3.63, 3.8) is 0 Å². The van der Waals surface area contributed by atoms with E-state index in [-0.39, 0.29) is 5.56 Å². The van der Waals surface area contributed by atoms with Crippen molar-refractivity contribution in [3.8, 4) is 0 Å². The summed E-state index contributed by atoms with van der Waals surface area (Å²) in [7, 11) is 0. The minimum absolute atomic E-state index is 0.185. The van der Waals surface area contributed by atoms with Crippen LogP contribution in [0.15, 0.2) is 29.2 Å². The van der Waals surface area contributed by atoms with Crippen LogP contribution >= 0.6 is 11.6 Å². The van der Waals surface area contributed by atoms with Gasteiger partial charge in [-0.1, -0.05) is 11.6 Å². The molecule has 0 amide bonds. The van der Waals surface area contributed by atoms with E-state index in [2.05, 4.69) is 0 Å². The quantitative estimate of drug-likeness (QED) is 0.938. The molecule has 0 spiro atoms. The normalized spacial score (nSPS) is 14.8. The number of hydrogen-bond acceptors (Lipinski definition) is 2. The van der Waals surface area contributed by atoms with Crippen LogP contribution in [-0.4, -0.2) is 15.6 Å². The van der Waals surface area contributed by atoms with Crippen LogP contribution in [0.5, 0.6) is 0 Å². The SMILES string of the molecule is O=C(O)c1cn(CC2CC2)c2cc(Cl)ccc2c1=O. The van der Waals surface area contributed by atoms with Crippen molar-refractivity contribution in [3.05, 3.63) is 45.2 Å². The van der Waals surface area contributed by atoms with Gasteiger partial charge >= 0.3 is 5.97 Å². The number of benzene rings is 1. The van der Waals surface area contributed by atoms with E-state index in [4.69, 9.17) is 16.7 Å². The van der Waals surface area contributed by atoms with Gasteiger partial charge in [-0.2, -0.15) is 0 Å². The largest absolute Gasteiger partial charge is 0.477 e. The summed E-state index contributed by atoms with van der Waals surface area (Å²) in [4.78, 5) is 23.2. The highest BCUT2D eigenvalue weighted by Gasteiger charge is 2.23. The fourth-order valence-corrected chi connectivity index (χ4v) is 2.41. The minimum Gasteiger partial charge on any atom is -0.477 e. The Morgan fingerprint density at radius 3 is 2.79 bits per heavy atom. The van der Waals surface area contributed by atoms with Gasteiger partial charge in [-0.25, -0.2) is 4.79 Å². The third kappa shape index (κ3) is 2.24. The lowest BCUT2D eigenvalue weighted by Crippen LogP contribution is -2.19. The molecule has 1 aromatic heterocycles. The molecule has 1 saturated carbocycles. The molecule has 0 saturated heterocycles. The number of carbonyl (C=O) groups is 1. The molecule has 1 aliphatic rings. The first-order chi connectivity index (χ1) is 9.06. The Labute approximate surface area is 114 Å². The summed E-state index contributed by atoms with van der Waals surface area (Å²) < 4.78 is 1.84. The molecule has 1 aromatic carbocycles. The maximum atomic E-state index is 12.1. The Morgan fingerprint density at radius 2 is 2.16 bits per heavy atom. The van der Waals surface area contributed by atoms with Crippen molar-refractivity contribution in [1.82, 2.24) is 4.57 Å². The molecule has 0 unspecified atom stereocenters. The molecular weight excluding hydrogens is 266 g/mol. The third-order valence-corrected chi connectivity index (χ3v) is 3.66. The highest BCUT2D eigenvalue weighted by atomic mass is 35.5. The van der Waals surface area contributed by atoms with Crippen LogP contribution < -0.4 is 5.43 Å². The summed E-state index contributed by atoms with van der Waals surface area (Å²) in [5, 5.41) is 10.1. The molecular formula is C14H12ClNO3. The molecule has 4 nitrogen and oxygen atoms in total. The van der Waals surface area contributed by atoms with Gasteiger partial charge in [0, 0.05) is 23.2 Å². The molecule has 1 N–H and O–H groups in total. The number of halogens is 1. The maximum absolute atomic E-state index is 12.1. The molecule has 0 atom stereocenters. The molecule has 1 fully saturated rings. The Bertz CT molecular complexity index is 731. The molecule has 0 aliphatic heterocycles. The van der Waals surface area contributed by atoms with E-state index in [0.29, 0.717) is 21.8 Å². The monoisotopic (exact) mass is 277 g/mol. The van der Waals surface area contributed by atoms with Gasteiger partial charge in [0.05, 0.1) is 5.52 Å². The zero-order chi connectivity index (χ0) is 13.6. The van der Waals surface area contributed by atoms with Crippen molar-refractivity contribution >= 4 is 28.5 Å². The highest BCUT2D eigenvalue weighted by molar-refractivity contribution is 6.31. The number of carboxylic acid groups (broad SMARTS) is 1. The lowest BCUT2D eigenvalue weighted by atomic mass is 10.1. The fraction of sp³-hybridized carbons (Fsp3) is 0.286. The minimum atomic E-state index is -1.19. The van der Waals surface area contributed by atoms with Crippen molar-refractivity contribution in [2.45, 2.75) is 19.4 Å². The number of pyridine rings is 1. The Balaban J connectivity index is 2.30. The summed E-state index contributed by atoms with van der Waals surface area (Å²) in [6.07, 6.45) is 3.73.